The number of aliphatic hydroxyl groups is 1. The van der Waals surface area contributed by atoms with Gasteiger partial charge in [0.25, 0.3) is 0 Å². The third kappa shape index (κ3) is 2.06. The first-order valence-corrected chi connectivity index (χ1v) is 3.57. The summed E-state index contributed by atoms with van der Waals surface area (Å²) in [6, 6.07) is 3.08. The van der Waals surface area contributed by atoms with Crippen LogP contribution < -0.4 is 0 Å². The third-order valence-corrected chi connectivity index (χ3v) is 1.53. The van der Waals surface area contributed by atoms with Crippen LogP contribution in [0.2, 0.25) is 5.15 Å². The van der Waals surface area contributed by atoms with Crippen molar-refractivity contribution in [2.75, 3.05) is 6.61 Å². The number of aliphatic hydroxyl groups excluding tert-OH is 1. The van der Waals surface area contributed by atoms with Crippen LogP contribution in [-0.2, 0) is 6.42 Å². The van der Waals surface area contributed by atoms with Gasteiger partial charge in [-0.3, -0.25) is 0 Å². The first-order valence-electron chi connectivity index (χ1n) is 3.19. The number of pyridine rings is 1. The standard InChI is InChI=1S/C7H8ClNO2/c8-7-6(11)2-1-5(9-7)3-4-10/h1-2,10-11H,3-4H2. The average molecular weight is 174 g/mol. The van der Waals surface area contributed by atoms with E-state index in [2.05, 4.69) is 4.98 Å². The molecule has 1 rings (SSSR count). The second-order valence-electron chi connectivity index (χ2n) is 2.09. The Kier molecular flexibility index (Phi) is 2.68. The van der Waals surface area contributed by atoms with Crippen LogP contribution in [-0.4, -0.2) is 21.8 Å². The molecule has 1 aromatic rings. The smallest absolute Gasteiger partial charge is 0.171 e. The van der Waals surface area contributed by atoms with Crippen molar-refractivity contribution in [2.45, 2.75) is 6.42 Å². The molecule has 0 amide bonds. The van der Waals surface area contributed by atoms with Gasteiger partial charge in [0.1, 0.15) is 0 Å². The summed E-state index contributed by atoms with van der Waals surface area (Å²) in [6.07, 6.45) is 0.458. The van der Waals surface area contributed by atoms with E-state index in [1.54, 1.807) is 6.07 Å². The van der Waals surface area contributed by atoms with E-state index in [0.717, 1.165) is 0 Å². The van der Waals surface area contributed by atoms with Crippen LogP contribution in [0.5, 0.6) is 5.75 Å². The fraction of sp³-hybridized carbons (Fsp3) is 0.286. The third-order valence-electron chi connectivity index (χ3n) is 1.25. The highest BCUT2D eigenvalue weighted by molar-refractivity contribution is 6.30. The van der Waals surface area contributed by atoms with Gasteiger partial charge in [-0.2, -0.15) is 0 Å². The maximum Gasteiger partial charge on any atom is 0.171 e. The summed E-state index contributed by atoms with van der Waals surface area (Å²) in [5, 5.41) is 17.6. The Morgan fingerprint density at radius 3 is 2.73 bits per heavy atom. The lowest BCUT2D eigenvalue weighted by Crippen LogP contribution is -1.93. The van der Waals surface area contributed by atoms with E-state index in [-0.39, 0.29) is 17.5 Å². The Labute approximate surface area is 69.3 Å². The Morgan fingerprint density at radius 2 is 2.18 bits per heavy atom. The maximum atomic E-state index is 8.95. The second-order valence-corrected chi connectivity index (χ2v) is 2.44. The molecule has 0 aliphatic carbocycles. The molecule has 0 bridgehead atoms. The molecule has 0 fully saturated rings. The Hall–Kier alpha value is -0.800. The van der Waals surface area contributed by atoms with Gasteiger partial charge in [0.2, 0.25) is 0 Å². The first-order chi connectivity index (χ1) is 5.24. The number of halogens is 1. The highest BCUT2D eigenvalue weighted by Crippen LogP contribution is 2.19. The molecule has 11 heavy (non-hydrogen) atoms. The lowest BCUT2D eigenvalue weighted by molar-refractivity contribution is 0.298. The molecule has 0 radical (unpaired) electrons. The zero-order chi connectivity index (χ0) is 8.27. The minimum Gasteiger partial charge on any atom is -0.505 e. The number of nitrogens with zero attached hydrogens (tertiary/aromatic N) is 1. The monoisotopic (exact) mass is 173 g/mol. The zero-order valence-electron chi connectivity index (χ0n) is 5.79. The van der Waals surface area contributed by atoms with Crippen molar-refractivity contribution < 1.29 is 10.2 Å². The number of hydrogen-bond donors (Lipinski definition) is 2. The highest BCUT2D eigenvalue weighted by Gasteiger charge is 2.00. The lowest BCUT2D eigenvalue weighted by Gasteiger charge is -1.98. The molecule has 0 aliphatic heterocycles. The van der Waals surface area contributed by atoms with Crippen LogP contribution in [0.15, 0.2) is 12.1 Å². The fourth-order valence-electron chi connectivity index (χ4n) is 0.718. The summed E-state index contributed by atoms with van der Waals surface area (Å²) >= 11 is 5.51. The molecule has 60 valence electrons. The van der Waals surface area contributed by atoms with Crippen molar-refractivity contribution >= 4 is 11.6 Å². The van der Waals surface area contributed by atoms with Crippen molar-refractivity contribution in [3.63, 3.8) is 0 Å². The van der Waals surface area contributed by atoms with Gasteiger partial charge in [0.15, 0.2) is 10.9 Å². The minimum atomic E-state index is -0.0339. The molecule has 2 N–H and O–H groups in total. The van der Waals surface area contributed by atoms with Gasteiger partial charge in [-0.05, 0) is 12.1 Å². The fourth-order valence-corrected chi connectivity index (χ4v) is 0.890. The molecular weight excluding hydrogens is 166 g/mol. The summed E-state index contributed by atoms with van der Waals surface area (Å²) in [7, 11) is 0. The van der Waals surface area contributed by atoms with E-state index < -0.39 is 0 Å². The summed E-state index contributed by atoms with van der Waals surface area (Å²) in [5.74, 6) is -0.0339. The van der Waals surface area contributed by atoms with Gasteiger partial charge < -0.3 is 10.2 Å². The summed E-state index contributed by atoms with van der Waals surface area (Å²) in [4.78, 5) is 3.82. The Bertz CT molecular complexity index is 252. The molecule has 0 aromatic carbocycles. The predicted octanol–water partition coefficient (Wildman–Crippen LogP) is 0.975. The lowest BCUT2D eigenvalue weighted by atomic mass is 10.3. The predicted molar refractivity (Wildman–Crippen MR) is 41.7 cm³/mol. The second kappa shape index (κ2) is 3.55. The van der Waals surface area contributed by atoms with Crippen molar-refractivity contribution in [3.8, 4) is 5.75 Å². The van der Waals surface area contributed by atoms with Crippen LogP contribution in [0.3, 0.4) is 0 Å². The summed E-state index contributed by atoms with van der Waals surface area (Å²) < 4.78 is 0. The average Bonchev–Trinajstić information content (AvgIpc) is 1.98. The van der Waals surface area contributed by atoms with E-state index in [1.807, 2.05) is 0 Å². The molecule has 0 saturated heterocycles. The van der Waals surface area contributed by atoms with Crippen LogP contribution in [0.4, 0.5) is 0 Å². The van der Waals surface area contributed by atoms with Crippen LogP contribution >= 0.6 is 11.6 Å². The highest BCUT2D eigenvalue weighted by atomic mass is 35.5. The van der Waals surface area contributed by atoms with Crippen molar-refractivity contribution in [1.82, 2.24) is 4.98 Å². The zero-order valence-corrected chi connectivity index (χ0v) is 6.54. The molecule has 0 unspecified atom stereocenters. The van der Waals surface area contributed by atoms with Gasteiger partial charge in [0.05, 0.1) is 0 Å². The molecular formula is C7H8ClNO2. The van der Waals surface area contributed by atoms with E-state index in [9.17, 15) is 0 Å². The first kappa shape index (κ1) is 8.30. The van der Waals surface area contributed by atoms with Gasteiger partial charge in [-0.15, -0.1) is 0 Å². The van der Waals surface area contributed by atoms with E-state index in [1.165, 1.54) is 6.07 Å². The van der Waals surface area contributed by atoms with Crippen molar-refractivity contribution in [3.05, 3.63) is 23.0 Å². The van der Waals surface area contributed by atoms with E-state index in [0.29, 0.717) is 12.1 Å². The van der Waals surface area contributed by atoms with Crippen LogP contribution in [0.1, 0.15) is 5.69 Å². The van der Waals surface area contributed by atoms with Crippen LogP contribution in [0.25, 0.3) is 0 Å². The van der Waals surface area contributed by atoms with Crippen molar-refractivity contribution in [2.24, 2.45) is 0 Å². The summed E-state index contributed by atoms with van der Waals surface area (Å²) in [6.45, 7) is 0.0358. The van der Waals surface area contributed by atoms with E-state index >= 15 is 0 Å². The van der Waals surface area contributed by atoms with Gasteiger partial charge in [-0.25, -0.2) is 4.98 Å². The minimum absolute atomic E-state index is 0.0339. The molecule has 1 aromatic heterocycles. The van der Waals surface area contributed by atoms with Gasteiger partial charge in [-0.1, -0.05) is 11.6 Å². The topological polar surface area (TPSA) is 53.4 Å². The molecule has 4 heteroatoms. The quantitative estimate of drug-likeness (QED) is 0.656. The largest absolute Gasteiger partial charge is 0.505 e. The number of aromatic nitrogens is 1. The maximum absolute atomic E-state index is 8.95. The van der Waals surface area contributed by atoms with Gasteiger partial charge in [0, 0.05) is 18.7 Å². The Balaban J connectivity index is 2.86. The molecule has 0 aliphatic rings. The number of aromatic hydroxyl groups is 1. The SMILES string of the molecule is OCCc1ccc(O)c(Cl)n1. The number of hydrogen-bond acceptors (Lipinski definition) is 3. The normalized spacial score (nSPS) is 10.0. The Morgan fingerprint density at radius 1 is 1.45 bits per heavy atom. The molecule has 3 nitrogen and oxygen atoms in total. The number of rotatable bonds is 2. The van der Waals surface area contributed by atoms with Crippen LogP contribution in [0, 0.1) is 0 Å². The van der Waals surface area contributed by atoms with Crippen molar-refractivity contribution in [1.29, 1.82) is 0 Å². The van der Waals surface area contributed by atoms with E-state index in [4.69, 9.17) is 21.8 Å². The molecule has 1 heterocycles. The summed E-state index contributed by atoms with van der Waals surface area (Å²) in [5.41, 5.74) is 0.676. The molecule has 0 atom stereocenters. The van der Waals surface area contributed by atoms with Gasteiger partial charge >= 0.3 is 0 Å². The molecule has 0 saturated carbocycles. The molecule has 0 spiro atoms.